The molecule has 0 amide bonds. The lowest BCUT2D eigenvalue weighted by Gasteiger charge is -2.21. The number of halogens is 3. The SMILES string of the molecule is Cc1cc(C)cc(C(OS(=O)(=O)c2cccc([N+](=O)[O-])c2)C(F)(F)F)c1. The van der Waals surface area contributed by atoms with Crippen LogP contribution in [0.15, 0.2) is 47.4 Å². The zero-order chi connectivity index (χ0) is 19.7. The third-order valence-electron chi connectivity index (χ3n) is 3.38. The molecule has 140 valence electrons. The van der Waals surface area contributed by atoms with Crippen molar-refractivity contribution < 1.29 is 30.7 Å². The van der Waals surface area contributed by atoms with Crippen LogP contribution in [0.3, 0.4) is 0 Å². The molecule has 0 aliphatic carbocycles. The number of nitro benzene ring substituents is 1. The number of aryl methyl sites for hydroxylation is 2. The van der Waals surface area contributed by atoms with E-state index in [1.165, 1.54) is 12.1 Å². The van der Waals surface area contributed by atoms with E-state index in [9.17, 15) is 31.7 Å². The van der Waals surface area contributed by atoms with Crippen molar-refractivity contribution in [2.45, 2.75) is 31.0 Å². The average Bonchev–Trinajstić information content (AvgIpc) is 2.50. The minimum atomic E-state index is -5.01. The first-order chi connectivity index (χ1) is 11.9. The number of nitrogens with zero attached hydrogens (tertiary/aromatic N) is 1. The van der Waals surface area contributed by atoms with Crippen LogP contribution in [-0.2, 0) is 14.3 Å². The molecule has 2 rings (SSSR count). The summed E-state index contributed by atoms with van der Waals surface area (Å²) in [5, 5.41) is 10.7. The third-order valence-corrected chi connectivity index (χ3v) is 4.66. The fraction of sp³-hybridized carbons (Fsp3) is 0.250. The van der Waals surface area contributed by atoms with Gasteiger partial charge >= 0.3 is 6.18 Å². The lowest BCUT2D eigenvalue weighted by Crippen LogP contribution is -2.26. The van der Waals surface area contributed by atoms with Gasteiger partial charge in [-0.3, -0.25) is 10.1 Å². The van der Waals surface area contributed by atoms with Gasteiger partial charge in [0.15, 0.2) is 6.10 Å². The molecule has 1 atom stereocenters. The summed E-state index contributed by atoms with van der Waals surface area (Å²) in [6.07, 6.45) is -7.74. The van der Waals surface area contributed by atoms with Gasteiger partial charge in [0.2, 0.25) is 0 Å². The van der Waals surface area contributed by atoms with E-state index < -0.39 is 37.9 Å². The molecule has 6 nitrogen and oxygen atoms in total. The van der Waals surface area contributed by atoms with Crippen LogP contribution >= 0.6 is 0 Å². The molecule has 0 heterocycles. The van der Waals surface area contributed by atoms with Crippen molar-refractivity contribution in [2.75, 3.05) is 0 Å². The number of rotatable bonds is 5. The predicted molar refractivity (Wildman–Crippen MR) is 86.1 cm³/mol. The summed E-state index contributed by atoms with van der Waals surface area (Å²) >= 11 is 0. The molecule has 10 heteroatoms. The van der Waals surface area contributed by atoms with Crippen molar-refractivity contribution in [1.29, 1.82) is 0 Å². The number of hydrogen-bond acceptors (Lipinski definition) is 5. The van der Waals surface area contributed by atoms with E-state index in [4.69, 9.17) is 0 Å². The van der Waals surface area contributed by atoms with Gasteiger partial charge in [-0.25, -0.2) is 4.18 Å². The summed E-state index contributed by atoms with van der Waals surface area (Å²) in [4.78, 5) is 9.16. The van der Waals surface area contributed by atoms with Gasteiger partial charge in [-0.05, 0) is 25.5 Å². The van der Waals surface area contributed by atoms with Crippen LogP contribution in [0.1, 0.15) is 22.8 Å². The first kappa shape index (κ1) is 19.9. The average molecular weight is 389 g/mol. The highest BCUT2D eigenvalue weighted by Gasteiger charge is 2.45. The van der Waals surface area contributed by atoms with Crippen LogP contribution in [-0.4, -0.2) is 19.5 Å². The molecule has 0 saturated heterocycles. The van der Waals surface area contributed by atoms with E-state index in [1.807, 2.05) is 0 Å². The van der Waals surface area contributed by atoms with E-state index in [0.29, 0.717) is 17.2 Å². The molecule has 0 aliphatic rings. The third kappa shape index (κ3) is 4.58. The Bertz CT molecular complexity index is 921. The van der Waals surface area contributed by atoms with Crippen LogP contribution < -0.4 is 0 Å². The highest BCUT2D eigenvalue weighted by molar-refractivity contribution is 7.86. The zero-order valence-electron chi connectivity index (χ0n) is 13.6. The molecule has 0 radical (unpaired) electrons. The minimum absolute atomic E-state index is 0.371. The standard InChI is InChI=1S/C16H14F3NO5S/c1-10-6-11(2)8-12(7-10)15(16(17,18)19)25-26(23,24)14-5-3-4-13(9-14)20(21)22/h3-9,15H,1-2H3. The van der Waals surface area contributed by atoms with Gasteiger partial charge in [0.25, 0.3) is 15.8 Å². The molecule has 0 aromatic heterocycles. The largest absolute Gasteiger partial charge is 0.420 e. The summed E-state index contributed by atoms with van der Waals surface area (Å²) < 4.78 is 69.2. The molecule has 0 fully saturated rings. The quantitative estimate of drug-likeness (QED) is 0.434. The van der Waals surface area contributed by atoms with E-state index in [-0.39, 0.29) is 5.56 Å². The van der Waals surface area contributed by atoms with Crippen molar-refractivity contribution in [1.82, 2.24) is 0 Å². The van der Waals surface area contributed by atoms with E-state index in [2.05, 4.69) is 4.18 Å². The normalized spacial score (nSPS) is 13.4. The Morgan fingerprint density at radius 1 is 1.08 bits per heavy atom. The van der Waals surface area contributed by atoms with Gasteiger partial charge < -0.3 is 0 Å². The lowest BCUT2D eigenvalue weighted by molar-refractivity contribution is -0.385. The van der Waals surface area contributed by atoms with Crippen molar-refractivity contribution in [2.24, 2.45) is 0 Å². The summed E-state index contributed by atoms with van der Waals surface area (Å²) in [5.41, 5.74) is 0.0600. The van der Waals surface area contributed by atoms with Gasteiger partial charge in [0.1, 0.15) is 4.90 Å². The maximum Gasteiger partial charge on any atom is 0.420 e. The molecule has 2 aromatic rings. The number of benzene rings is 2. The predicted octanol–water partition coefficient (Wildman–Crippen LogP) is 4.22. The first-order valence-electron chi connectivity index (χ1n) is 7.23. The maximum absolute atomic E-state index is 13.4. The van der Waals surface area contributed by atoms with E-state index in [1.54, 1.807) is 19.9 Å². The molecule has 2 aromatic carbocycles. The van der Waals surface area contributed by atoms with Crippen molar-refractivity contribution in [3.63, 3.8) is 0 Å². The lowest BCUT2D eigenvalue weighted by atomic mass is 10.0. The van der Waals surface area contributed by atoms with Crippen LogP contribution in [0, 0.1) is 24.0 Å². The molecule has 0 aliphatic heterocycles. The Balaban J connectivity index is 2.48. The molecule has 26 heavy (non-hydrogen) atoms. The second-order valence-corrected chi connectivity index (χ2v) is 7.22. The van der Waals surface area contributed by atoms with Crippen molar-refractivity contribution in [3.05, 3.63) is 69.3 Å². The number of alkyl halides is 3. The summed E-state index contributed by atoms with van der Waals surface area (Å²) in [6, 6.07) is 7.62. The number of hydrogen-bond donors (Lipinski definition) is 0. The fourth-order valence-corrected chi connectivity index (χ4v) is 3.49. The smallest absolute Gasteiger partial charge is 0.258 e. The van der Waals surface area contributed by atoms with E-state index >= 15 is 0 Å². The van der Waals surface area contributed by atoms with Gasteiger partial charge in [-0.1, -0.05) is 35.4 Å². The molecule has 0 bridgehead atoms. The molecule has 0 saturated carbocycles. The second kappa shape index (κ2) is 7.04. The zero-order valence-corrected chi connectivity index (χ0v) is 14.5. The Kier molecular flexibility index (Phi) is 5.38. The van der Waals surface area contributed by atoms with Crippen LogP contribution in [0.2, 0.25) is 0 Å². The monoisotopic (exact) mass is 389 g/mol. The Morgan fingerprint density at radius 2 is 1.65 bits per heavy atom. The summed E-state index contributed by atoms with van der Waals surface area (Å²) in [7, 11) is -4.90. The minimum Gasteiger partial charge on any atom is -0.258 e. The van der Waals surface area contributed by atoms with Gasteiger partial charge in [0, 0.05) is 12.1 Å². The second-order valence-electron chi connectivity index (χ2n) is 5.65. The molecular weight excluding hydrogens is 375 g/mol. The van der Waals surface area contributed by atoms with Crippen molar-refractivity contribution in [3.8, 4) is 0 Å². The molecule has 0 spiro atoms. The van der Waals surface area contributed by atoms with Crippen LogP contribution in [0.5, 0.6) is 0 Å². The van der Waals surface area contributed by atoms with Gasteiger partial charge in [-0.15, -0.1) is 0 Å². The molecule has 1 unspecified atom stereocenters. The number of non-ortho nitro benzene ring substituents is 1. The summed E-state index contributed by atoms with van der Waals surface area (Å²) in [5.74, 6) is 0. The Morgan fingerprint density at radius 3 is 2.15 bits per heavy atom. The number of nitro groups is 1. The van der Waals surface area contributed by atoms with E-state index in [0.717, 1.165) is 18.2 Å². The highest BCUT2D eigenvalue weighted by atomic mass is 32.2. The molecule has 0 N–H and O–H groups in total. The topological polar surface area (TPSA) is 86.5 Å². The Hall–Kier alpha value is -2.46. The van der Waals surface area contributed by atoms with Gasteiger partial charge in [0.05, 0.1) is 4.92 Å². The van der Waals surface area contributed by atoms with Crippen molar-refractivity contribution >= 4 is 15.8 Å². The molecular formula is C16H14F3NO5S. The fourth-order valence-electron chi connectivity index (χ4n) is 2.40. The Labute approximate surface area is 147 Å². The van der Waals surface area contributed by atoms with Crippen LogP contribution in [0.25, 0.3) is 0 Å². The summed E-state index contributed by atoms with van der Waals surface area (Å²) in [6.45, 7) is 3.14. The van der Waals surface area contributed by atoms with Crippen LogP contribution in [0.4, 0.5) is 18.9 Å². The van der Waals surface area contributed by atoms with Gasteiger partial charge in [-0.2, -0.15) is 21.6 Å². The highest BCUT2D eigenvalue weighted by Crippen LogP contribution is 2.39. The maximum atomic E-state index is 13.4. The first-order valence-corrected chi connectivity index (χ1v) is 8.63.